The molecule has 4 aliphatic rings. The first kappa shape index (κ1) is 49.3. The molecule has 0 aromatic rings. The van der Waals surface area contributed by atoms with Gasteiger partial charge in [0.2, 0.25) is 41.4 Å². The minimum Gasteiger partial charge on any atom is -0.391 e. The summed E-state index contributed by atoms with van der Waals surface area (Å²) in [5.41, 5.74) is 0. The predicted molar refractivity (Wildman–Crippen MR) is 232 cm³/mol. The fourth-order valence-corrected chi connectivity index (χ4v) is 9.84. The summed E-state index contributed by atoms with van der Waals surface area (Å²) in [7, 11) is 0. The maximum Gasteiger partial charge on any atom is 0.245 e. The zero-order chi connectivity index (χ0) is 43.6. The van der Waals surface area contributed by atoms with Crippen LogP contribution >= 0.6 is 11.8 Å². The van der Waals surface area contributed by atoms with Crippen molar-refractivity contribution in [3.8, 4) is 0 Å². The molecule has 340 valence electrons. The Kier molecular flexibility index (Phi) is 20.9. The zero-order valence-electron chi connectivity index (χ0n) is 36.9. The maximum atomic E-state index is 14.6. The number of carbonyl (C=O) groups excluding carboxylic acids is 7. The molecular weight excluding hydrogens is 787 g/mol. The lowest BCUT2D eigenvalue weighted by Gasteiger charge is -2.38. The summed E-state index contributed by atoms with van der Waals surface area (Å²) < 4.78 is 0. The van der Waals surface area contributed by atoms with Crippen molar-refractivity contribution in [2.45, 2.75) is 179 Å². The SMILES string of the molecule is CCCNC(=O)[C@@H](NC(=O)[C@@H]1CCCN1C(=O)[C@H](CCSC)NC(=O)[C@@H]1CCCCN1C(=O)[C@H](CCC(=O)N1CCCCCC1)NC(=O)C[C@H](C)C1CCCCC1)[C@@H](C)O. The van der Waals surface area contributed by atoms with Crippen molar-refractivity contribution in [1.29, 1.82) is 0 Å². The van der Waals surface area contributed by atoms with E-state index in [-0.39, 0.29) is 37.1 Å². The van der Waals surface area contributed by atoms with E-state index in [9.17, 15) is 38.7 Å². The Morgan fingerprint density at radius 2 is 1.23 bits per heavy atom. The molecule has 4 rings (SSSR count). The van der Waals surface area contributed by atoms with E-state index in [4.69, 9.17) is 0 Å². The average Bonchev–Trinajstić information content (AvgIpc) is 3.59. The fourth-order valence-electron chi connectivity index (χ4n) is 9.36. The van der Waals surface area contributed by atoms with Crippen LogP contribution in [-0.2, 0) is 33.6 Å². The largest absolute Gasteiger partial charge is 0.391 e. The molecule has 0 spiro atoms. The van der Waals surface area contributed by atoms with Crippen molar-refractivity contribution >= 4 is 53.1 Å². The molecule has 3 heterocycles. The number of nitrogens with one attached hydrogen (secondary N) is 4. The van der Waals surface area contributed by atoms with Gasteiger partial charge in [-0.05, 0) is 95.0 Å². The highest BCUT2D eigenvalue weighted by Gasteiger charge is 2.42. The Labute approximate surface area is 362 Å². The van der Waals surface area contributed by atoms with Gasteiger partial charge < -0.3 is 41.1 Å². The van der Waals surface area contributed by atoms with Crippen LogP contribution < -0.4 is 21.3 Å². The molecule has 7 atom stereocenters. The van der Waals surface area contributed by atoms with E-state index in [1.165, 1.54) is 34.9 Å². The third kappa shape index (κ3) is 14.6. The lowest BCUT2D eigenvalue weighted by molar-refractivity contribution is -0.147. The van der Waals surface area contributed by atoms with E-state index in [2.05, 4.69) is 28.2 Å². The molecule has 3 aliphatic heterocycles. The Hall–Kier alpha value is -3.40. The van der Waals surface area contributed by atoms with Gasteiger partial charge in [0.1, 0.15) is 30.2 Å². The second-order valence-corrected chi connectivity index (χ2v) is 18.6. The highest BCUT2D eigenvalue weighted by Crippen LogP contribution is 2.31. The molecule has 0 unspecified atom stereocenters. The Morgan fingerprint density at radius 3 is 1.85 bits per heavy atom. The summed E-state index contributed by atoms with van der Waals surface area (Å²) >= 11 is 1.52. The zero-order valence-corrected chi connectivity index (χ0v) is 37.7. The maximum absolute atomic E-state index is 14.6. The van der Waals surface area contributed by atoms with Gasteiger partial charge in [-0.1, -0.05) is 58.8 Å². The molecule has 4 fully saturated rings. The molecule has 60 heavy (non-hydrogen) atoms. The minimum absolute atomic E-state index is 0.0299. The third-order valence-corrected chi connectivity index (χ3v) is 13.6. The van der Waals surface area contributed by atoms with Crippen LogP contribution in [0.15, 0.2) is 0 Å². The molecule has 7 amide bonds. The van der Waals surface area contributed by atoms with Crippen LogP contribution in [0.1, 0.15) is 143 Å². The first-order valence-electron chi connectivity index (χ1n) is 23.1. The van der Waals surface area contributed by atoms with E-state index in [1.807, 2.05) is 18.1 Å². The molecule has 0 aromatic carbocycles. The first-order valence-corrected chi connectivity index (χ1v) is 24.5. The van der Waals surface area contributed by atoms with E-state index in [0.29, 0.717) is 89.2 Å². The van der Waals surface area contributed by atoms with E-state index >= 15 is 0 Å². The number of aliphatic hydroxyl groups excluding tert-OH is 1. The van der Waals surface area contributed by atoms with Crippen molar-refractivity contribution in [3.63, 3.8) is 0 Å². The summed E-state index contributed by atoms with van der Waals surface area (Å²) in [5.74, 6) is -1.42. The second kappa shape index (κ2) is 25.5. The van der Waals surface area contributed by atoms with Gasteiger partial charge in [-0.2, -0.15) is 11.8 Å². The number of carbonyl (C=O) groups is 7. The number of aliphatic hydroxyl groups is 1. The fraction of sp³-hybridized carbons (Fsp3) is 0.841. The van der Waals surface area contributed by atoms with Crippen LogP contribution in [0.4, 0.5) is 0 Å². The second-order valence-electron chi connectivity index (χ2n) is 17.6. The molecule has 0 bridgehead atoms. The smallest absolute Gasteiger partial charge is 0.245 e. The lowest BCUT2D eigenvalue weighted by Crippen LogP contribution is -2.61. The summed E-state index contributed by atoms with van der Waals surface area (Å²) in [6.45, 7) is 7.78. The molecule has 15 nitrogen and oxygen atoms in total. The van der Waals surface area contributed by atoms with Crippen molar-refractivity contribution in [1.82, 2.24) is 36.0 Å². The predicted octanol–water partition coefficient (Wildman–Crippen LogP) is 3.26. The van der Waals surface area contributed by atoms with Crippen molar-refractivity contribution < 1.29 is 38.7 Å². The summed E-state index contributed by atoms with van der Waals surface area (Å²) in [6, 6.07) is -4.91. The van der Waals surface area contributed by atoms with Gasteiger partial charge in [-0.15, -0.1) is 0 Å². The first-order chi connectivity index (χ1) is 28.9. The minimum atomic E-state index is -1.19. The quantitative estimate of drug-likeness (QED) is 0.122. The third-order valence-electron chi connectivity index (χ3n) is 13.0. The standard InChI is InChI=1S/C44H75N7O8S/c1-5-23-45-42(57)39(31(3)52)48-41(56)36-19-15-27-51(36)44(59)34(22-28-60-4)47-40(55)35-18-11-14-26-50(35)43(58)33(20-21-38(54)49-24-12-6-7-13-25-49)46-37(53)29-30(2)32-16-9-8-10-17-32/h30-36,39,52H,5-29H2,1-4H3,(H,45,57)(H,46,53)(H,47,55)(H,48,56)/t30-,31+,33-,34-,35-,36-,39-/m0/s1. The van der Waals surface area contributed by atoms with Gasteiger partial charge >= 0.3 is 0 Å². The van der Waals surface area contributed by atoms with Gasteiger partial charge in [-0.25, -0.2) is 0 Å². The molecule has 0 aromatic heterocycles. The summed E-state index contributed by atoms with van der Waals surface area (Å²) in [5, 5.41) is 21.7. The number of rotatable bonds is 20. The van der Waals surface area contributed by atoms with Gasteiger partial charge in [0.25, 0.3) is 0 Å². The van der Waals surface area contributed by atoms with E-state index in [1.54, 1.807) is 0 Å². The number of hydrogen-bond donors (Lipinski definition) is 5. The normalized spacial score (nSPS) is 22.7. The molecule has 3 saturated heterocycles. The van der Waals surface area contributed by atoms with Crippen LogP contribution in [0.5, 0.6) is 0 Å². The number of piperidine rings is 1. The van der Waals surface area contributed by atoms with Gasteiger partial charge in [-0.3, -0.25) is 33.6 Å². The molecule has 1 saturated carbocycles. The van der Waals surface area contributed by atoms with Gasteiger partial charge in [0.15, 0.2) is 0 Å². The Balaban J connectivity index is 1.48. The van der Waals surface area contributed by atoms with Crippen LogP contribution in [0, 0.1) is 11.8 Å². The summed E-state index contributed by atoms with van der Waals surface area (Å²) in [4.78, 5) is 101. The molecule has 16 heteroatoms. The van der Waals surface area contributed by atoms with Crippen molar-refractivity contribution in [3.05, 3.63) is 0 Å². The van der Waals surface area contributed by atoms with Gasteiger partial charge in [0.05, 0.1) is 6.10 Å². The van der Waals surface area contributed by atoms with E-state index < -0.39 is 65.8 Å². The monoisotopic (exact) mass is 862 g/mol. The number of nitrogens with zero attached hydrogens (tertiary/aromatic N) is 3. The molecular formula is C44H75N7O8S. The molecule has 0 radical (unpaired) electrons. The van der Waals surface area contributed by atoms with Crippen molar-refractivity contribution in [2.24, 2.45) is 11.8 Å². The highest BCUT2D eigenvalue weighted by molar-refractivity contribution is 7.98. The number of hydrogen-bond acceptors (Lipinski definition) is 9. The number of likely N-dealkylation sites (tertiary alicyclic amines) is 3. The van der Waals surface area contributed by atoms with Crippen LogP contribution in [0.2, 0.25) is 0 Å². The van der Waals surface area contributed by atoms with Crippen LogP contribution in [0.25, 0.3) is 0 Å². The number of amides is 7. The Bertz CT molecular complexity index is 1440. The van der Waals surface area contributed by atoms with Crippen molar-refractivity contribution in [2.75, 3.05) is 44.7 Å². The molecule has 1 aliphatic carbocycles. The average molecular weight is 862 g/mol. The summed E-state index contributed by atoms with van der Waals surface area (Å²) in [6.07, 6.45) is 14.7. The topological polar surface area (TPSA) is 198 Å². The Morgan fingerprint density at radius 1 is 0.683 bits per heavy atom. The highest BCUT2D eigenvalue weighted by atomic mass is 32.2. The van der Waals surface area contributed by atoms with Crippen LogP contribution in [0.3, 0.4) is 0 Å². The van der Waals surface area contributed by atoms with Gasteiger partial charge in [0, 0.05) is 45.6 Å². The molecule has 5 N–H and O–H groups in total. The number of thioether (sulfide) groups is 1. The van der Waals surface area contributed by atoms with E-state index in [0.717, 1.165) is 51.4 Å². The lowest BCUT2D eigenvalue weighted by atomic mass is 9.79. The van der Waals surface area contributed by atoms with Crippen LogP contribution in [-0.4, -0.2) is 142 Å².